The van der Waals surface area contributed by atoms with Crippen molar-refractivity contribution >= 4 is 49.8 Å². The van der Waals surface area contributed by atoms with Crippen LogP contribution in [0.2, 0.25) is 5.02 Å². The second-order valence-corrected chi connectivity index (χ2v) is 11.0. The molecule has 2 aromatic carbocycles. The van der Waals surface area contributed by atoms with E-state index in [0.717, 1.165) is 37.7 Å². The first-order valence-corrected chi connectivity index (χ1v) is 12.6. The molecule has 1 unspecified atom stereocenters. The Bertz CT molecular complexity index is 1330. The Labute approximate surface area is 195 Å². The zero-order valence-corrected chi connectivity index (χ0v) is 19.7. The maximum Gasteiger partial charge on any atom is 0.252 e. The van der Waals surface area contributed by atoms with Gasteiger partial charge in [-0.25, -0.2) is 8.42 Å². The maximum atomic E-state index is 12.7. The molecule has 4 aromatic rings. The lowest BCUT2D eigenvalue weighted by Crippen LogP contribution is -2.39. The second-order valence-electron chi connectivity index (χ2n) is 7.36. The van der Waals surface area contributed by atoms with E-state index >= 15 is 0 Å². The molecular formula is C23H22ClN3O3S2. The molecule has 1 atom stereocenters. The highest BCUT2D eigenvalue weighted by atomic mass is 35.5. The summed E-state index contributed by atoms with van der Waals surface area (Å²) in [6.07, 6.45) is 1.93. The Balaban J connectivity index is 1.55. The number of rotatable bonds is 8. The predicted octanol–water partition coefficient (Wildman–Crippen LogP) is 4.45. The van der Waals surface area contributed by atoms with Crippen molar-refractivity contribution in [1.82, 2.24) is 14.6 Å². The van der Waals surface area contributed by atoms with Gasteiger partial charge in [-0.15, -0.1) is 11.3 Å². The van der Waals surface area contributed by atoms with E-state index in [0.29, 0.717) is 5.02 Å². The van der Waals surface area contributed by atoms with Gasteiger partial charge in [-0.1, -0.05) is 54.1 Å². The fraction of sp³-hybridized carbons (Fsp3) is 0.174. The molecule has 9 heteroatoms. The Morgan fingerprint density at radius 3 is 2.59 bits per heavy atom. The summed E-state index contributed by atoms with van der Waals surface area (Å²) in [4.78, 5) is 15.9. The van der Waals surface area contributed by atoms with Crippen LogP contribution < -0.4 is 5.32 Å². The van der Waals surface area contributed by atoms with Crippen molar-refractivity contribution < 1.29 is 13.2 Å². The first kappa shape index (κ1) is 22.5. The van der Waals surface area contributed by atoms with Crippen LogP contribution in [0.5, 0.6) is 0 Å². The highest BCUT2D eigenvalue weighted by molar-refractivity contribution is 7.91. The number of carbonyl (C=O) groups is 1. The van der Waals surface area contributed by atoms with E-state index in [2.05, 4.69) is 10.3 Å². The van der Waals surface area contributed by atoms with Crippen LogP contribution >= 0.6 is 22.9 Å². The van der Waals surface area contributed by atoms with Gasteiger partial charge in [0, 0.05) is 41.6 Å². The molecule has 32 heavy (non-hydrogen) atoms. The quantitative estimate of drug-likeness (QED) is 0.385. The van der Waals surface area contributed by atoms with Crippen molar-refractivity contribution in [2.24, 2.45) is 0 Å². The van der Waals surface area contributed by atoms with Crippen LogP contribution in [0.25, 0.3) is 10.9 Å². The Morgan fingerprint density at radius 1 is 1.09 bits per heavy atom. The third-order valence-electron chi connectivity index (χ3n) is 5.31. The number of H-pyrrole nitrogens is 1. The number of hydrogen-bond acceptors (Lipinski definition) is 4. The molecule has 0 radical (unpaired) electrons. The molecule has 0 aliphatic carbocycles. The van der Waals surface area contributed by atoms with Gasteiger partial charge >= 0.3 is 0 Å². The summed E-state index contributed by atoms with van der Waals surface area (Å²) in [5, 5.41) is 6.24. The number of fused-ring (bicyclic) bond motifs is 1. The van der Waals surface area contributed by atoms with Crippen LogP contribution in [0.1, 0.15) is 17.0 Å². The average molecular weight is 488 g/mol. The first-order chi connectivity index (χ1) is 15.4. The summed E-state index contributed by atoms with van der Waals surface area (Å²) in [6, 6.07) is 18.7. The Hall–Kier alpha value is -2.65. The van der Waals surface area contributed by atoms with Crippen molar-refractivity contribution in [3.63, 3.8) is 0 Å². The van der Waals surface area contributed by atoms with Gasteiger partial charge in [-0.2, -0.15) is 4.31 Å². The molecule has 6 nitrogen and oxygen atoms in total. The average Bonchev–Trinajstić information content (AvgIpc) is 3.46. The van der Waals surface area contributed by atoms with Crippen LogP contribution in [0.4, 0.5) is 0 Å². The zero-order valence-electron chi connectivity index (χ0n) is 17.3. The van der Waals surface area contributed by atoms with E-state index in [-0.39, 0.29) is 29.1 Å². The number of hydrogen-bond donors (Lipinski definition) is 2. The lowest BCUT2D eigenvalue weighted by molar-refractivity contribution is -0.121. The largest absolute Gasteiger partial charge is 0.361 e. The standard InChI is InChI=1S/C23H22ClN3O3S2/c1-27(32(29,30)23-11-6-12-31-23)15-22(28)26-14-18(16-7-2-4-9-20(16)24)19-13-25-21-10-5-3-8-17(19)21/h2-13,18,25H,14-15H2,1H3,(H,26,28). The number of halogens is 1. The van der Waals surface area contributed by atoms with Crippen LogP contribution in [0.3, 0.4) is 0 Å². The highest BCUT2D eigenvalue weighted by Gasteiger charge is 2.25. The number of benzene rings is 2. The van der Waals surface area contributed by atoms with Crippen molar-refractivity contribution in [2.45, 2.75) is 10.1 Å². The molecule has 166 valence electrons. The van der Waals surface area contributed by atoms with Gasteiger partial charge in [0.1, 0.15) is 4.21 Å². The van der Waals surface area contributed by atoms with Gasteiger partial charge in [0.25, 0.3) is 10.0 Å². The third kappa shape index (κ3) is 4.59. The van der Waals surface area contributed by atoms with Gasteiger partial charge in [0.05, 0.1) is 6.54 Å². The molecule has 0 saturated heterocycles. The molecule has 2 N–H and O–H groups in total. The monoisotopic (exact) mass is 487 g/mol. The van der Waals surface area contributed by atoms with Crippen LogP contribution in [0, 0.1) is 0 Å². The molecule has 4 rings (SSSR count). The number of aromatic nitrogens is 1. The number of para-hydroxylation sites is 1. The molecule has 0 saturated carbocycles. The van der Waals surface area contributed by atoms with Crippen molar-refractivity contribution in [3.8, 4) is 0 Å². The number of nitrogens with zero attached hydrogens (tertiary/aromatic N) is 1. The summed E-state index contributed by atoms with van der Waals surface area (Å²) in [6.45, 7) is 0.000658. The van der Waals surface area contributed by atoms with Crippen LogP contribution in [-0.4, -0.2) is 43.8 Å². The summed E-state index contributed by atoms with van der Waals surface area (Å²) in [5.74, 6) is -0.590. The van der Waals surface area contributed by atoms with Gasteiger partial charge < -0.3 is 10.3 Å². The molecule has 2 aromatic heterocycles. The SMILES string of the molecule is CN(CC(=O)NCC(c1ccccc1Cl)c1c[nH]c2ccccc12)S(=O)(=O)c1cccs1. The second kappa shape index (κ2) is 9.46. The summed E-state index contributed by atoms with van der Waals surface area (Å²) < 4.78 is 26.5. The van der Waals surface area contributed by atoms with Crippen LogP contribution in [-0.2, 0) is 14.8 Å². The fourth-order valence-electron chi connectivity index (χ4n) is 3.65. The summed E-state index contributed by atoms with van der Waals surface area (Å²) >= 11 is 7.62. The number of likely N-dealkylation sites (N-methyl/N-ethyl adjacent to an activating group) is 1. The molecule has 2 heterocycles. The summed E-state index contributed by atoms with van der Waals surface area (Å²) in [5.41, 5.74) is 2.89. The third-order valence-corrected chi connectivity index (χ3v) is 8.83. The van der Waals surface area contributed by atoms with Gasteiger partial charge in [-0.05, 0) is 34.7 Å². The number of nitrogens with one attached hydrogen (secondary N) is 2. The van der Waals surface area contributed by atoms with E-state index in [1.807, 2.05) is 54.7 Å². The van der Waals surface area contributed by atoms with Gasteiger partial charge in [0.2, 0.25) is 5.91 Å². The van der Waals surface area contributed by atoms with E-state index in [1.54, 1.807) is 11.4 Å². The lowest BCUT2D eigenvalue weighted by Gasteiger charge is -2.21. The number of amides is 1. The molecule has 0 spiro atoms. The Morgan fingerprint density at radius 2 is 1.84 bits per heavy atom. The number of carbonyl (C=O) groups excluding carboxylic acids is 1. The topological polar surface area (TPSA) is 82.3 Å². The molecular weight excluding hydrogens is 466 g/mol. The smallest absolute Gasteiger partial charge is 0.252 e. The number of thiophene rings is 1. The number of aromatic amines is 1. The zero-order chi connectivity index (χ0) is 22.7. The Kier molecular flexibility index (Phi) is 6.66. The molecule has 0 bridgehead atoms. The van der Waals surface area contributed by atoms with Crippen molar-refractivity contribution in [3.05, 3.63) is 88.4 Å². The van der Waals surface area contributed by atoms with E-state index < -0.39 is 10.0 Å². The molecule has 1 amide bonds. The minimum Gasteiger partial charge on any atom is -0.361 e. The lowest BCUT2D eigenvalue weighted by atomic mass is 9.90. The highest BCUT2D eigenvalue weighted by Crippen LogP contribution is 2.34. The first-order valence-electron chi connectivity index (χ1n) is 9.95. The minimum atomic E-state index is -3.70. The van der Waals surface area contributed by atoms with Crippen molar-refractivity contribution in [1.29, 1.82) is 0 Å². The molecule has 0 aliphatic rings. The van der Waals surface area contributed by atoms with E-state index in [4.69, 9.17) is 11.6 Å². The maximum absolute atomic E-state index is 12.7. The summed E-state index contributed by atoms with van der Waals surface area (Å²) in [7, 11) is -2.29. The fourth-order valence-corrected chi connectivity index (χ4v) is 6.25. The van der Waals surface area contributed by atoms with Crippen molar-refractivity contribution in [2.75, 3.05) is 20.1 Å². The normalized spacial score (nSPS) is 12.8. The number of sulfonamides is 1. The predicted molar refractivity (Wildman–Crippen MR) is 129 cm³/mol. The van der Waals surface area contributed by atoms with Gasteiger partial charge in [-0.3, -0.25) is 4.79 Å². The van der Waals surface area contributed by atoms with E-state index in [9.17, 15) is 13.2 Å². The van der Waals surface area contributed by atoms with Gasteiger partial charge in [0.15, 0.2) is 0 Å². The molecule has 0 aliphatic heterocycles. The molecule has 0 fully saturated rings. The minimum absolute atomic E-state index is 0.206. The van der Waals surface area contributed by atoms with E-state index in [1.165, 1.54) is 13.1 Å². The van der Waals surface area contributed by atoms with Crippen LogP contribution in [0.15, 0.2) is 76.4 Å².